The third-order valence-electron chi connectivity index (χ3n) is 4.30. The monoisotopic (exact) mass is 476 g/mol. The number of unbranched alkanes of at least 4 members (excludes halogenated alkanes) is 7. The van der Waals surface area contributed by atoms with Crippen molar-refractivity contribution in [1.29, 1.82) is 0 Å². The van der Waals surface area contributed by atoms with Gasteiger partial charge in [-0.2, -0.15) is 0 Å². The molecule has 0 aromatic carbocycles. The van der Waals surface area contributed by atoms with E-state index in [9.17, 15) is 0 Å². The first kappa shape index (κ1) is 24.9. The fourth-order valence-electron chi connectivity index (χ4n) is 2.55. The molecular weight excluding hydrogens is 439 g/mol. The van der Waals surface area contributed by atoms with E-state index in [1.54, 1.807) is 0 Å². The van der Waals surface area contributed by atoms with E-state index in [0.29, 0.717) is 13.1 Å². The van der Waals surface area contributed by atoms with Crippen LogP contribution >= 0.6 is 24.0 Å². The zero-order valence-corrected chi connectivity index (χ0v) is 19.1. The molecule has 0 bridgehead atoms. The van der Waals surface area contributed by atoms with Crippen LogP contribution in [0.25, 0.3) is 0 Å². The predicted molar refractivity (Wildman–Crippen MR) is 121 cm³/mol. The number of halogens is 1. The molecule has 0 saturated carbocycles. The number of aromatic nitrogens is 3. The molecule has 1 aromatic heterocycles. The van der Waals surface area contributed by atoms with E-state index < -0.39 is 0 Å². The minimum absolute atomic E-state index is 0. The molecule has 0 aliphatic rings. The number of hydrogen-bond donors (Lipinski definition) is 2. The van der Waals surface area contributed by atoms with Crippen LogP contribution in [0.15, 0.2) is 17.6 Å². The molecule has 150 valence electrons. The maximum absolute atomic E-state index is 4.60. The van der Waals surface area contributed by atoms with Gasteiger partial charge in [0.2, 0.25) is 0 Å². The molecule has 0 aliphatic carbocycles. The summed E-state index contributed by atoms with van der Waals surface area (Å²) in [5.41, 5.74) is 0. The first-order valence-corrected chi connectivity index (χ1v) is 9.67. The van der Waals surface area contributed by atoms with Crippen molar-refractivity contribution < 1.29 is 0 Å². The van der Waals surface area contributed by atoms with Crippen molar-refractivity contribution in [3.05, 3.63) is 24.3 Å². The number of guanidine groups is 1. The molecular formula is C19H37IN6. The second kappa shape index (κ2) is 16.1. The van der Waals surface area contributed by atoms with Gasteiger partial charge < -0.3 is 15.2 Å². The Balaban J connectivity index is 0.00000625. The molecule has 6 nitrogen and oxygen atoms in total. The molecule has 1 heterocycles. The molecule has 0 atom stereocenters. The van der Waals surface area contributed by atoms with Gasteiger partial charge in [-0.05, 0) is 13.3 Å². The summed E-state index contributed by atoms with van der Waals surface area (Å²) in [5.74, 6) is 2.57. The summed E-state index contributed by atoms with van der Waals surface area (Å²) in [6.07, 6.45) is 12.4. The Hall–Kier alpha value is -1.12. The van der Waals surface area contributed by atoms with E-state index >= 15 is 0 Å². The second-order valence-corrected chi connectivity index (χ2v) is 6.46. The molecule has 1 rings (SSSR count). The highest BCUT2D eigenvalue weighted by Gasteiger charge is 2.04. The third-order valence-corrected chi connectivity index (χ3v) is 4.30. The van der Waals surface area contributed by atoms with Crippen LogP contribution in [-0.4, -0.2) is 33.8 Å². The number of nitrogens with zero attached hydrogens (tertiary/aromatic N) is 4. The lowest BCUT2D eigenvalue weighted by atomic mass is 10.1. The zero-order valence-electron chi connectivity index (χ0n) is 16.8. The third kappa shape index (κ3) is 10.8. The van der Waals surface area contributed by atoms with Crippen molar-refractivity contribution in [1.82, 2.24) is 25.4 Å². The number of nitrogens with one attached hydrogen (secondary N) is 2. The fraction of sp³-hybridized carbons (Fsp3) is 0.737. The summed E-state index contributed by atoms with van der Waals surface area (Å²) in [5, 5.41) is 14.9. The summed E-state index contributed by atoms with van der Waals surface area (Å²) < 4.78 is 1.97. The van der Waals surface area contributed by atoms with Gasteiger partial charge >= 0.3 is 0 Å². The molecule has 0 spiro atoms. The highest BCUT2D eigenvalue weighted by atomic mass is 127. The molecule has 0 aliphatic heterocycles. The van der Waals surface area contributed by atoms with Crippen LogP contribution in [0.4, 0.5) is 0 Å². The Bertz CT molecular complexity index is 512. The Morgan fingerprint density at radius 3 is 2.31 bits per heavy atom. The minimum atomic E-state index is 0. The summed E-state index contributed by atoms with van der Waals surface area (Å²) in [4.78, 5) is 4.60. The number of rotatable bonds is 13. The molecule has 0 fully saturated rings. The van der Waals surface area contributed by atoms with Crippen molar-refractivity contribution in [2.45, 2.75) is 71.8 Å². The van der Waals surface area contributed by atoms with Gasteiger partial charge in [0, 0.05) is 20.1 Å². The zero-order chi connectivity index (χ0) is 18.3. The molecule has 0 amide bonds. The number of hydrogen-bond acceptors (Lipinski definition) is 3. The van der Waals surface area contributed by atoms with E-state index in [0.717, 1.165) is 24.2 Å². The lowest BCUT2D eigenvalue weighted by Crippen LogP contribution is -2.38. The predicted octanol–water partition coefficient (Wildman–Crippen LogP) is 4.10. The Morgan fingerprint density at radius 1 is 1.08 bits per heavy atom. The smallest absolute Gasteiger partial charge is 0.191 e. The number of aliphatic imine (C=N–C) groups is 1. The van der Waals surface area contributed by atoms with E-state index in [-0.39, 0.29) is 24.0 Å². The van der Waals surface area contributed by atoms with Crippen LogP contribution in [0.5, 0.6) is 0 Å². The van der Waals surface area contributed by atoms with Crippen LogP contribution in [0.2, 0.25) is 0 Å². The Labute approximate surface area is 176 Å². The quantitative estimate of drug-likeness (QED) is 0.148. The lowest BCUT2D eigenvalue weighted by Gasteiger charge is -2.11. The van der Waals surface area contributed by atoms with E-state index in [4.69, 9.17) is 0 Å². The van der Waals surface area contributed by atoms with Crippen LogP contribution in [0, 0.1) is 6.92 Å². The number of aryl methyl sites for hydroxylation is 1. The van der Waals surface area contributed by atoms with Crippen molar-refractivity contribution >= 4 is 29.9 Å². The molecule has 26 heavy (non-hydrogen) atoms. The van der Waals surface area contributed by atoms with Gasteiger partial charge in [-0.15, -0.1) is 40.8 Å². The van der Waals surface area contributed by atoms with Crippen LogP contribution in [0.1, 0.15) is 69.9 Å². The van der Waals surface area contributed by atoms with Gasteiger partial charge in [0.15, 0.2) is 11.8 Å². The van der Waals surface area contributed by atoms with Crippen molar-refractivity contribution in [2.24, 2.45) is 12.0 Å². The highest BCUT2D eigenvalue weighted by molar-refractivity contribution is 14.0. The van der Waals surface area contributed by atoms with Gasteiger partial charge in [-0.25, -0.2) is 4.99 Å². The minimum Gasteiger partial charge on any atom is -0.356 e. The average Bonchev–Trinajstić information content (AvgIpc) is 2.94. The Kier molecular flexibility index (Phi) is 15.4. The van der Waals surface area contributed by atoms with Crippen molar-refractivity contribution in [3.63, 3.8) is 0 Å². The summed E-state index contributed by atoms with van der Waals surface area (Å²) in [7, 11) is 1.96. The van der Waals surface area contributed by atoms with Crippen molar-refractivity contribution in [2.75, 3.05) is 13.1 Å². The Morgan fingerprint density at radius 2 is 1.73 bits per heavy atom. The van der Waals surface area contributed by atoms with Gasteiger partial charge in [-0.1, -0.05) is 57.9 Å². The largest absolute Gasteiger partial charge is 0.356 e. The van der Waals surface area contributed by atoms with Gasteiger partial charge in [0.25, 0.3) is 0 Å². The van der Waals surface area contributed by atoms with Crippen LogP contribution < -0.4 is 10.6 Å². The van der Waals surface area contributed by atoms with Crippen molar-refractivity contribution in [3.8, 4) is 0 Å². The highest BCUT2D eigenvalue weighted by Crippen LogP contribution is 2.07. The summed E-state index contributed by atoms with van der Waals surface area (Å²) >= 11 is 0. The first-order valence-electron chi connectivity index (χ1n) is 9.67. The van der Waals surface area contributed by atoms with E-state index in [2.05, 4.69) is 39.3 Å². The molecule has 0 radical (unpaired) electrons. The van der Waals surface area contributed by atoms with Crippen LogP contribution in [-0.2, 0) is 13.6 Å². The van der Waals surface area contributed by atoms with Gasteiger partial charge in [0.05, 0.1) is 0 Å². The van der Waals surface area contributed by atoms with Gasteiger partial charge in [0.1, 0.15) is 12.4 Å². The van der Waals surface area contributed by atoms with Crippen LogP contribution in [0.3, 0.4) is 0 Å². The fourth-order valence-corrected chi connectivity index (χ4v) is 2.55. The standard InChI is InChI=1S/C19H36N6.HI/c1-5-7-8-9-10-11-12-13-15-21-19(20-14-6-2)22-16-18-24-23-17(3)25(18)4;/h6H,2,5,7-16H2,1,3-4H3,(H2,20,21,22);1H. The molecule has 0 saturated heterocycles. The topological polar surface area (TPSA) is 67.1 Å². The molecule has 2 N–H and O–H groups in total. The molecule has 7 heteroatoms. The molecule has 0 unspecified atom stereocenters. The summed E-state index contributed by atoms with van der Waals surface area (Å²) in [6.45, 7) is 10.1. The summed E-state index contributed by atoms with van der Waals surface area (Å²) in [6, 6.07) is 0. The molecule has 1 aromatic rings. The van der Waals surface area contributed by atoms with E-state index in [1.165, 1.54) is 51.4 Å². The first-order chi connectivity index (χ1) is 12.2. The van der Waals surface area contributed by atoms with Gasteiger partial charge in [-0.3, -0.25) is 0 Å². The maximum Gasteiger partial charge on any atom is 0.191 e. The average molecular weight is 476 g/mol. The lowest BCUT2D eigenvalue weighted by molar-refractivity contribution is 0.571. The second-order valence-electron chi connectivity index (χ2n) is 6.46. The van der Waals surface area contributed by atoms with E-state index in [1.807, 2.05) is 24.6 Å². The maximum atomic E-state index is 4.60. The normalized spacial score (nSPS) is 11.1. The SMILES string of the molecule is C=CCNC(=NCc1nnc(C)n1C)NCCCCCCCCCC.I.